The van der Waals surface area contributed by atoms with Gasteiger partial charge in [-0.15, -0.1) is 5.10 Å². The maximum atomic E-state index is 13.3. The van der Waals surface area contributed by atoms with Crippen molar-refractivity contribution in [1.29, 1.82) is 0 Å². The van der Waals surface area contributed by atoms with Crippen molar-refractivity contribution in [3.05, 3.63) is 87.3 Å². The number of aromatic amines is 1. The Labute approximate surface area is 225 Å². The number of carbonyl (C=O) groups excluding carboxylic acids is 1. The van der Waals surface area contributed by atoms with Crippen LogP contribution in [-0.2, 0) is 21.6 Å². The minimum atomic E-state index is -0.276. The standard InChI is InChI=1S/C29H30ClN5O3/c30-21-12-10-20(11-13-21)29(14-15-29)18-31-27(37)23-8-4-5-9-24(23)38-17-22-16-25(36)35-28(32-22)33-26(34-35)19-6-2-1-3-7-19/h1-3,6-7,10-13,16,23-24H,4-5,8-9,14-15,17-18H2,(H,31,37)(H,32,33,34). The van der Waals surface area contributed by atoms with Gasteiger partial charge in [-0.2, -0.15) is 9.50 Å². The molecule has 0 bridgehead atoms. The molecule has 2 heterocycles. The maximum Gasteiger partial charge on any atom is 0.275 e. The van der Waals surface area contributed by atoms with E-state index < -0.39 is 0 Å². The van der Waals surface area contributed by atoms with E-state index in [9.17, 15) is 9.59 Å². The molecule has 9 heteroatoms. The molecule has 2 unspecified atom stereocenters. The van der Waals surface area contributed by atoms with Crippen LogP contribution in [-0.4, -0.2) is 38.1 Å². The van der Waals surface area contributed by atoms with E-state index >= 15 is 0 Å². The smallest absolute Gasteiger partial charge is 0.275 e. The number of aromatic nitrogens is 4. The molecule has 2 aromatic carbocycles. The van der Waals surface area contributed by atoms with Crippen LogP contribution < -0.4 is 10.9 Å². The van der Waals surface area contributed by atoms with E-state index in [0.29, 0.717) is 23.8 Å². The molecule has 2 aromatic heterocycles. The molecule has 1 amide bonds. The van der Waals surface area contributed by atoms with Gasteiger partial charge in [0.15, 0.2) is 5.82 Å². The molecule has 2 fully saturated rings. The third-order valence-electron chi connectivity index (χ3n) is 7.82. The first-order valence-electron chi connectivity index (χ1n) is 13.2. The van der Waals surface area contributed by atoms with Crippen molar-refractivity contribution < 1.29 is 9.53 Å². The summed E-state index contributed by atoms with van der Waals surface area (Å²) >= 11 is 6.05. The van der Waals surface area contributed by atoms with Gasteiger partial charge in [0.05, 0.1) is 18.6 Å². The van der Waals surface area contributed by atoms with Crippen LogP contribution in [0.4, 0.5) is 0 Å². The Bertz CT molecular complexity index is 1490. The zero-order valence-corrected chi connectivity index (χ0v) is 21.8. The molecule has 2 atom stereocenters. The fourth-order valence-corrected chi connectivity index (χ4v) is 5.55. The number of amides is 1. The van der Waals surface area contributed by atoms with Crippen molar-refractivity contribution in [1.82, 2.24) is 24.9 Å². The SMILES string of the molecule is O=C(NCC1(c2ccc(Cl)cc2)CC1)C1CCCCC1OCc1cc(=O)n2nc(-c3ccccc3)nc2[nH]1. The van der Waals surface area contributed by atoms with Crippen molar-refractivity contribution in [3.8, 4) is 11.4 Å². The number of benzene rings is 2. The van der Waals surface area contributed by atoms with Crippen molar-refractivity contribution in [2.75, 3.05) is 6.54 Å². The van der Waals surface area contributed by atoms with Gasteiger partial charge < -0.3 is 15.0 Å². The van der Waals surface area contributed by atoms with Crippen molar-refractivity contribution in [3.63, 3.8) is 0 Å². The second kappa shape index (κ2) is 10.3. The van der Waals surface area contributed by atoms with E-state index in [0.717, 1.165) is 49.1 Å². The molecule has 4 aromatic rings. The van der Waals surface area contributed by atoms with Gasteiger partial charge in [-0.3, -0.25) is 9.59 Å². The molecule has 0 saturated heterocycles. The highest BCUT2D eigenvalue weighted by Crippen LogP contribution is 2.48. The van der Waals surface area contributed by atoms with Crippen LogP contribution in [0.1, 0.15) is 49.8 Å². The summed E-state index contributed by atoms with van der Waals surface area (Å²) in [5.41, 5.74) is 2.40. The third kappa shape index (κ3) is 5.11. The van der Waals surface area contributed by atoms with E-state index in [1.807, 2.05) is 42.5 Å². The lowest BCUT2D eigenvalue weighted by Gasteiger charge is -2.31. The second-order valence-electron chi connectivity index (χ2n) is 10.4. The third-order valence-corrected chi connectivity index (χ3v) is 8.07. The number of nitrogens with zero attached hydrogens (tertiary/aromatic N) is 3. The largest absolute Gasteiger partial charge is 0.371 e. The number of hydrogen-bond acceptors (Lipinski definition) is 5. The monoisotopic (exact) mass is 531 g/mol. The average Bonchev–Trinajstić information content (AvgIpc) is 3.61. The number of ether oxygens (including phenoxy) is 1. The summed E-state index contributed by atoms with van der Waals surface area (Å²) in [4.78, 5) is 33.6. The molecule has 2 aliphatic carbocycles. The molecule has 38 heavy (non-hydrogen) atoms. The molecule has 196 valence electrons. The molecule has 6 rings (SSSR count). The number of H-pyrrole nitrogens is 1. The highest BCUT2D eigenvalue weighted by atomic mass is 35.5. The van der Waals surface area contributed by atoms with Crippen LogP contribution in [0.2, 0.25) is 5.02 Å². The van der Waals surface area contributed by atoms with Crippen LogP contribution in [0.3, 0.4) is 0 Å². The Morgan fingerprint density at radius 1 is 1.11 bits per heavy atom. The highest BCUT2D eigenvalue weighted by molar-refractivity contribution is 6.30. The van der Waals surface area contributed by atoms with Crippen LogP contribution in [0.25, 0.3) is 17.2 Å². The number of carbonyl (C=O) groups is 1. The van der Waals surface area contributed by atoms with E-state index in [1.165, 1.54) is 16.1 Å². The predicted molar refractivity (Wildman–Crippen MR) is 145 cm³/mol. The minimum absolute atomic E-state index is 0.0109. The lowest BCUT2D eigenvalue weighted by Crippen LogP contribution is -2.43. The lowest BCUT2D eigenvalue weighted by molar-refractivity contribution is -0.133. The van der Waals surface area contributed by atoms with Crippen molar-refractivity contribution >= 4 is 23.3 Å². The summed E-state index contributed by atoms with van der Waals surface area (Å²) in [5, 5.41) is 8.28. The molecule has 0 radical (unpaired) electrons. The lowest BCUT2D eigenvalue weighted by atomic mass is 9.85. The number of halogens is 1. The summed E-state index contributed by atoms with van der Waals surface area (Å²) in [6.07, 6.45) is 5.55. The summed E-state index contributed by atoms with van der Waals surface area (Å²) in [5.74, 6) is 0.680. The Hall–Kier alpha value is -3.49. The van der Waals surface area contributed by atoms with E-state index in [4.69, 9.17) is 16.3 Å². The van der Waals surface area contributed by atoms with Crippen LogP contribution in [0.5, 0.6) is 0 Å². The topological polar surface area (TPSA) is 101 Å². The first-order valence-corrected chi connectivity index (χ1v) is 13.6. The average molecular weight is 532 g/mol. The zero-order valence-electron chi connectivity index (χ0n) is 21.0. The van der Waals surface area contributed by atoms with Crippen LogP contribution >= 0.6 is 11.6 Å². The molecule has 2 saturated carbocycles. The molecular weight excluding hydrogens is 502 g/mol. The molecular formula is C29H30ClN5O3. The van der Waals surface area contributed by atoms with Gasteiger partial charge in [0, 0.05) is 34.3 Å². The Balaban J connectivity index is 1.11. The second-order valence-corrected chi connectivity index (χ2v) is 10.9. The number of nitrogens with one attached hydrogen (secondary N) is 2. The van der Waals surface area contributed by atoms with Crippen molar-refractivity contribution in [2.45, 2.75) is 56.7 Å². The fourth-order valence-electron chi connectivity index (χ4n) is 5.43. The number of rotatable bonds is 8. The zero-order chi connectivity index (χ0) is 26.1. The van der Waals surface area contributed by atoms with Crippen LogP contribution in [0, 0.1) is 5.92 Å². The van der Waals surface area contributed by atoms with E-state index in [2.05, 4.69) is 32.5 Å². The van der Waals surface area contributed by atoms with Gasteiger partial charge in [-0.1, -0.05) is 66.9 Å². The Morgan fingerprint density at radius 3 is 2.63 bits per heavy atom. The predicted octanol–water partition coefficient (Wildman–Crippen LogP) is 4.66. The van der Waals surface area contributed by atoms with Gasteiger partial charge in [-0.25, -0.2) is 0 Å². The number of hydrogen-bond donors (Lipinski definition) is 2. The molecule has 2 aliphatic rings. The van der Waals surface area contributed by atoms with Gasteiger partial charge in [0.2, 0.25) is 11.7 Å². The van der Waals surface area contributed by atoms with E-state index in [1.54, 1.807) is 0 Å². The van der Waals surface area contributed by atoms with Gasteiger partial charge in [0.1, 0.15) is 0 Å². The van der Waals surface area contributed by atoms with Crippen LogP contribution in [0.15, 0.2) is 65.5 Å². The summed E-state index contributed by atoms with van der Waals surface area (Å²) in [7, 11) is 0. The summed E-state index contributed by atoms with van der Waals surface area (Å²) < 4.78 is 7.50. The van der Waals surface area contributed by atoms with Gasteiger partial charge >= 0.3 is 0 Å². The molecule has 0 aliphatic heterocycles. The van der Waals surface area contributed by atoms with Gasteiger partial charge in [-0.05, 0) is 43.4 Å². The number of fused-ring (bicyclic) bond motifs is 1. The summed E-state index contributed by atoms with van der Waals surface area (Å²) in [6, 6.07) is 19.0. The normalized spacial score (nSPS) is 20.3. The first kappa shape index (κ1) is 24.8. The van der Waals surface area contributed by atoms with Gasteiger partial charge in [0.25, 0.3) is 5.56 Å². The first-order chi connectivity index (χ1) is 18.5. The molecule has 8 nitrogen and oxygen atoms in total. The highest BCUT2D eigenvalue weighted by Gasteiger charge is 2.45. The maximum absolute atomic E-state index is 13.3. The quantitative estimate of drug-likeness (QED) is 0.344. The van der Waals surface area contributed by atoms with Crippen molar-refractivity contribution in [2.24, 2.45) is 5.92 Å². The van der Waals surface area contributed by atoms with E-state index in [-0.39, 0.29) is 35.5 Å². The summed E-state index contributed by atoms with van der Waals surface area (Å²) in [6.45, 7) is 0.819. The molecule has 2 N–H and O–H groups in total. The Morgan fingerprint density at radius 2 is 1.87 bits per heavy atom. The fraction of sp³-hybridized carbons (Fsp3) is 0.379. The minimum Gasteiger partial charge on any atom is -0.371 e. The molecule has 0 spiro atoms. The Kier molecular flexibility index (Phi) is 6.76.